The van der Waals surface area contributed by atoms with Crippen molar-refractivity contribution in [2.75, 3.05) is 24.3 Å². The van der Waals surface area contributed by atoms with Crippen LogP contribution in [0.4, 0.5) is 11.8 Å². The second-order valence-electron chi connectivity index (χ2n) is 6.84. The van der Waals surface area contributed by atoms with Crippen LogP contribution in [0, 0.1) is 6.92 Å². The average Bonchev–Trinajstić information content (AvgIpc) is 3.13. The lowest BCUT2D eigenvalue weighted by Gasteiger charge is -2.29. The van der Waals surface area contributed by atoms with Gasteiger partial charge >= 0.3 is 0 Å². The molecule has 0 atom stereocenters. The van der Waals surface area contributed by atoms with Crippen molar-refractivity contribution in [3.05, 3.63) is 29.3 Å². The zero-order valence-electron chi connectivity index (χ0n) is 15.7. The normalized spacial score (nSPS) is 20.0. The Labute approximate surface area is 171 Å². The molecule has 150 valence electrons. The summed E-state index contributed by atoms with van der Waals surface area (Å²) in [5, 5.41) is 5.17. The molecule has 2 heterocycles. The van der Waals surface area contributed by atoms with Crippen molar-refractivity contribution in [1.29, 1.82) is 0 Å². The molecule has 3 rings (SSSR count). The molecule has 0 amide bonds. The first-order valence-corrected chi connectivity index (χ1v) is 11.0. The lowest BCUT2D eigenvalue weighted by molar-refractivity contribution is 0.386. The Balaban J connectivity index is 0.00000261. The average molecular weight is 432 g/mol. The summed E-state index contributed by atoms with van der Waals surface area (Å²) in [5.41, 5.74) is 1.03. The highest BCUT2D eigenvalue weighted by atomic mass is 35.5. The summed E-state index contributed by atoms with van der Waals surface area (Å²) < 4.78 is 27.9. The molecule has 0 bridgehead atoms. The van der Waals surface area contributed by atoms with E-state index < -0.39 is 10.0 Å². The standard InChI is InChI=1S/C17H25N5O2S2.ClH/c1-12-11-18-17(20-16(12)22(2)3)19-13-6-8-14(9-7-13)21-26(23,24)15-5-4-10-25-15;/h4-5,10-11,13-14,21H,6-9H2,1-3H3,(H,18,19,20);1H. The van der Waals surface area contributed by atoms with Gasteiger partial charge < -0.3 is 10.2 Å². The Morgan fingerprint density at radius 2 is 1.85 bits per heavy atom. The number of halogens is 1. The van der Waals surface area contributed by atoms with Gasteiger partial charge in [-0.2, -0.15) is 4.98 Å². The molecule has 0 unspecified atom stereocenters. The molecule has 7 nitrogen and oxygen atoms in total. The molecule has 2 N–H and O–H groups in total. The van der Waals surface area contributed by atoms with Gasteiger partial charge in [-0.3, -0.25) is 0 Å². The van der Waals surface area contributed by atoms with Gasteiger partial charge in [0.25, 0.3) is 0 Å². The minimum Gasteiger partial charge on any atom is -0.362 e. The molecule has 1 aliphatic rings. The molecule has 2 aromatic rings. The first kappa shape index (κ1) is 21.9. The second kappa shape index (κ2) is 9.18. The van der Waals surface area contributed by atoms with Gasteiger partial charge in [0.1, 0.15) is 10.0 Å². The molecule has 1 saturated carbocycles. The van der Waals surface area contributed by atoms with E-state index in [-0.39, 0.29) is 24.5 Å². The summed E-state index contributed by atoms with van der Waals surface area (Å²) in [7, 11) is 0.530. The molecular weight excluding hydrogens is 406 g/mol. The predicted octanol–water partition coefficient (Wildman–Crippen LogP) is 3.04. The number of aryl methyl sites for hydroxylation is 1. The monoisotopic (exact) mass is 431 g/mol. The quantitative estimate of drug-likeness (QED) is 0.730. The largest absolute Gasteiger partial charge is 0.362 e. The Morgan fingerprint density at radius 3 is 2.44 bits per heavy atom. The van der Waals surface area contributed by atoms with Gasteiger partial charge in [0.15, 0.2) is 0 Å². The SMILES string of the molecule is Cc1cnc(NC2CCC(NS(=O)(=O)c3cccs3)CC2)nc1N(C)C.Cl. The maximum absolute atomic E-state index is 12.3. The number of nitrogens with zero attached hydrogens (tertiary/aromatic N) is 3. The fraction of sp³-hybridized carbons (Fsp3) is 0.529. The van der Waals surface area contributed by atoms with E-state index in [0.717, 1.165) is 37.1 Å². The van der Waals surface area contributed by atoms with Crippen LogP contribution in [0.2, 0.25) is 0 Å². The number of hydrogen-bond donors (Lipinski definition) is 2. The van der Waals surface area contributed by atoms with Crippen molar-refractivity contribution in [3.8, 4) is 0 Å². The highest BCUT2D eigenvalue weighted by Gasteiger charge is 2.26. The van der Waals surface area contributed by atoms with Crippen LogP contribution in [0.25, 0.3) is 0 Å². The van der Waals surface area contributed by atoms with E-state index in [4.69, 9.17) is 0 Å². The number of sulfonamides is 1. The van der Waals surface area contributed by atoms with E-state index in [1.165, 1.54) is 11.3 Å². The van der Waals surface area contributed by atoms with Gasteiger partial charge in [-0.25, -0.2) is 18.1 Å². The first-order valence-electron chi connectivity index (χ1n) is 8.68. The highest BCUT2D eigenvalue weighted by molar-refractivity contribution is 7.91. The third-order valence-corrected chi connectivity index (χ3v) is 7.43. The van der Waals surface area contributed by atoms with Crippen LogP contribution < -0.4 is 14.9 Å². The molecule has 27 heavy (non-hydrogen) atoms. The molecule has 2 aromatic heterocycles. The Bertz CT molecular complexity index is 835. The lowest BCUT2D eigenvalue weighted by atomic mass is 9.92. The van der Waals surface area contributed by atoms with Crippen molar-refractivity contribution >= 4 is 45.5 Å². The second-order valence-corrected chi connectivity index (χ2v) is 9.73. The van der Waals surface area contributed by atoms with Crippen LogP contribution in [-0.4, -0.2) is 44.6 Å². The van der Waals surface area contributed by atoms with Gasteiger partial charge in [-0.05, 0) is 44.1 Å². The summed E-state index contributed by atoms with van der Waals surface area (Å²) >= 11 is 1.24. The molecule has 0 spiro atoms. The van der Waals surface area contributed by atoms with Crippen molar-refractivity contribution < 1.29 is 8.42 Å². The number of hydrogen-bond acceptors (Lipinski definition) is 7. The minimum absolute atomic E-state index is 0. The number of nitrogens with one attached hydrogen (secondary N) is 2. The van der Waals surface area contributed by atoms with E-state index in [0.29, 0.717) is 10.2 Å². The zero-order chi connectivity index (χ0) is 18.7. The smallest absolute Gasteiger partial charge is 0.250 e. The van der Waals surface area contributed by atoms with E-state index in [2.05, 4.69) is 20.0 Å². The summed E-state index contributed by atoms with van der Waals surface area (Å²) in [6.07, 6.45) is 5.19. The Kier molecular flexibility index (Phi) is 7.44. The third-order valence-electron chi connectivity index (χ3n) is 4.51. The van der Waals surface area contributed by atoms with Crippen molar-refractivity contribution in [1.82, 2.24) is 14.7 Å². The fourth-order valence-corrected chi connectivity index (χ4v) is 5.50. The van der Waals surface area contributed by atoms with Crippen LogP contribution in [-0.2, 0) is 10.0 Å². The zero-order valence-corrected chi connectivity index (χ0v) is 18.1. The lowest BCUT2D eigenvalue weighted by Crippen LogP contribution is -2.40. The van der Waals surface area contributed by atoms with Crippen molar-refractivity contribution in [3.63, 3.8) is 0 Å². The number of anilines is 2. The third kappa shape index (κ3) is 5.54. The van der Waals surface area contributed by atoms with Gasteiger partial charge in [0.2, 0.25) is 16.0 Å². The van der Waals surface area contributed by atoms with Gasteiger partial charge in [-0.15, -0.1) is 23.7 Å². The molecule has 10 heteroatoms. The van der Waals surface area contributed by atoms with Crippen LogP contribution >= 0.6 is 23.7 Å². The topological polar surface area (TPSA) is 87.2 Å². The predicted molar refractivity (Wildman–Crippen MR) is 113 cm³/mol. The van der Waals surface area contributed by atoms with Crippen LogP contribution in [0.1, 0.15) is 31.2 Å². The maximum atomic E-state index is 12.3. The number of rotatable bonds is 6. The molecular formula is C17H26ClN5O2S2. The summed E-state index contributed by atoms with van der Waals surface area (Å²) in [5.74, 6) is 1.53. The van der Waals surface area contributed by atoms with Crippen LogP contribution in [0.15, 0.2) is 27.9 Å². The molecule has 0 aromatic carbocycles. The number of thiophene rings is 1. The Morgan fingerprint density at radius 1 is 1.19 bits per heavy atom. The first-order chi connectivity index (χ1) is 12.3. The summed E-state index contributed by atoms with van der Waals surface area (Å²) in [4.78, 5) is 10.9. The van der Waals surface area contributed by atoms with Gasteiger partial charge in [-0.1, -0.05) is 6.07 Å². The van der Waals surface area contributed by atoms with Crippen molar-refractivity contribution in [2.45, 2.75) is 48.9 Å². The van der Waals surface area contributed by atoms with Crippen molar-refractivity contribution in [2.24, 2.45) is 0 Å². The van der Waals surface area contributed by atoms with E-state index in [1.807, 2.05) is 32.1 Å². The molecule has 1 aliphatic carbocycles. The summed E-state index contributed by atoms with van der Waals surface area (Å²) in [6, 6.07) is 3.63. The molecule has 1 fully saturated rings. The fourth-order valence-electron chi connectivity index (χ4n) is 3.19. The molecule has 0 aliphatic heterocycles. The van der Waals surface area contributed by atoms with Gasteiger partial charge in [0, 0.05) is 37.9 Å². The van der Waals surface area contributed by atoms with Gasteiger partial charge in [0.05, 0.1) is 0 Å². The maximum Gasteiger partial charge on any atom is 0.250 e. The van der Waals surface area contributed by atoms with E-state index >= 15 is 0 Å². The molecule has 0 radical (unpaired) electrons. The van der Waals surface area contributed by atoms with Crippen LogP contribution in [0.3, 0.4) is 0 Å². The molecule has 0 saturated heterocycles. The summed E-state index contributed by atoms with van der Waals surface area (Å²) in [6.45, 7) is 1.99. The van der Waals surface area contributed by atoms with E-state index in [9.17, 15) is 8.42 Å². The highest BCUT2D eigenvalue weighted by Crippen LogP contribution is 2.24. The van der Waals surface area contributed by atoms with Crippen LogP contribution in [0.5, 0.6) is 0 Å². The Hall–Kier alpha value is -1.42. The number of aromatic nitrogens is 2. The minimum atomic E-state index is -3.39. The van der Waals surface area contributed by atoms with E-state index in [1.54, 1.807) is 17.5 Å².